The molecule has 2 aromatic rings. The topological polar surface area (TPSA) is 80.0 Å². The van der Waals surface area contributed by atoms with Gasteiger partial charge in [0.1, 0.15) is 5.82 Å². The fourth-order valence-electron chi connectivity index (χ4n) is 1.76. The molecule has 0 spiro atoms. The van der Waals surface area contributed by atoms with E-state index in [1.165, 1.54) is 0 Å². The molecule has 1 aromatic carbocycles. The van der Waals surface area contributed by atoms with Gasteiger partial charge in [0, 0.05) is 6.20 Å². The lowest BCUT2D eigenvalue weighted by molar-refractivity contribution is 0.102. The minimum atomic E-state index is -0.241. The fraction of sp³-hybridized carbons (Fsp3) is 0.143. The molecule has 0 saturated heterocycles. The van der Waals surface area contributed by atoms with E-state index in [4.69, 9.17) is 5.84 Å². The summed E-state index contributed by atoms with van der Waals surface area (Å²) in [6, 6.07) is 9.11. The largest absolute Gasteiger partial charge is 0.323 e. The lowest BCUT2D eigenvalue weighted by atomic mass is 10.1. The Labute approximate surface area is 111 Å². The van der Waals surface area contributed by atoms with Crippen LogP contribution in [0.2, 0.25) is 0 Å². The summed E-state index contributed by atoms with van der Waals surface area (Å²) in [5.74, 6) is 5.69. The van der Waals surface area contributed by atoms with Crippen molar-refractivity contribution in [3.63, 3.8) is 0 Å². The van der Waals surface area contributed by atoms with Crippen LogP contribution in [0.1, 0.15) is 21.5 Å². The van der Waals surface area contributed by atoms with E-state index in [-0.39, 0.29) is 5.91 Å². The number of aromatic nitrogens is 1. The van der Waals surface area contributed by atoms with Crippen LogP contribution in [0, 0.1) is 13.8 Å². The van der Waals surface area contributed by atoms with E-state index in [1.54, 1.807) is 18.3 Å². The molecule has 0 aliphatic heterocycles. The summed E-state index contributed by atoms with van der Waals surface area (Å²) >= 11 is 0. The van der Waals surface area contributed by atoms with Crippen molar-refractivity contribution in [3.05, 3.63) is 53.2 Å². The number of aryl methyl sites for hydroxylation is 2. The first-order chi connectivity index (χ1) is 9.10. The SMILES string of the molecule is Cc1ccnc(NC(=O)c2cc(C)ccc2NN)c1. The minimum Gasteiger partial charge on any atom is -0.323 e. The van der Waals surface area contributed by atoms with Crippen molar-refractivity contribution >= 4 is 17.4 Å². The number of pyridine rings is 1. The van der Waals surface area contributed by atoms with Crippen LogP contribution in [0.25, 0.3) is 0 Å². The van der Waals surface area contributed by atoms with Gasteiger partial charge < -0.3 is 10.7 Å². The zero-order chi connectivity index (χ0) is 13.8. The normalized spacial score (nSPS) is 10.1. The number of hydrogen-bond acceptors (Lipinski definition) is 4. The highest BCUT2D eigenvalue weighted by Gasteiger charge is 2.12. The van der Waals surface area contributed by atoms with Crippen molar-refractivity contribution < 1.29 is 4.79 Å². The Hall–Kier alpha value is -2.40. The standard InChI is InChI=1S/C14H16N4O/c1-9-3-4-12(18-15)11(7-9)14(19)17-13-8-10(2)5-6-16-13/h3-8,18H,15H2,1-2H3,(H,16,17,19). The predicted octanol–water partition coefficient (Wildman–Crippen LogP) is 2.24. The summed E-state index contributed by atoms with van der Waals surface area (Å²) in [5, 5.41) is 2.76. The minimum absolute atomic E-state index is 0.241. The zero-order valence-electron chi connectivity index (χ0n) is 10.9. The fourth-order valence-corrected chi connectivity index (χ4v) is 1.76. The number of benzene rings is 1. The second kappa shape index (κ2) is 5.49. The summed E-state index contributed by atoms with van der Waals surface area (Å²) in [6.07, 6.45) is 1.66. The number of nitrogens with two attached hydrogens (primary N) is 1. The Morgan fingerprint density at radius 3 is 2.58 bits per heavy atom. The highest BCUT2D eigenvalue weighted by atomic mass is 16.1. The Balaban J connectivity index is 2.27. The molecule has 0 aliphatic carbocycles. The quantitative estimate of drug-likeness (QED) is 0.581. The molecule has 0 saturated carbocycles. The molecule has 5 nitrogen and oxygen atoms in total. The zero-order valence-corrected chi connectivity index (χ0v) is 10.9. The predicted molar refractivity (Wildman–Crippen MR) is 75.9 cm³/mol. The molecule has 2 rings (SSSR count). The number of carbonyl (C=O) groups excluding carboxylic acids is 1. The number of nitrogen functional groups attached to an aromatic ring is 1. The second-order valence-corrected chi connectivity index (χ2v) is 4.37. The van der Waals surface area contributed by atoms with Gasteiger partial charge in [-0.15, -0.1) is 0 Å². The Bertz CT molecular complexity index is 610. The third-order valence-electron chi connectivity index (χ3n) is 2.73. The maximum atomic E-state index is 12.2. The Morgan fingerprint density at radius 2 is 1.89 bits per heavy atom. The summed E-state index contributed by atoms with van der Waals surface area (Å²) in [6.45, 7) is 3.86. The summed E-state index contributed by atoms with van der Waals surface area (Å²) < 4.78 is 0. The van der Waals surface area contributed by atoms with Crippen molar-refractivity contribution in [2.24, 2.45) is 5.84 Å². The number of hydrogen-bond donors (Lipinski definition) is 3. The van der Waals surface area contributed by atoms with E-state index in [0.717, 1.165) is 11.1 Å². The molecule has 1 amide bonds. The van der Waals surface area contributed by atoms with Crippen LogP contribution in [0.5, 0.6) is 0 Å². The van der Waals surface area contributed by atoms with Gasteiger partial charge in [-0.05, 0) is 43.7 Å². The average Bonchev–Trinajstić information content (AvgIpc) is 2.38. The number of rotatable bonds is 3. The van der Waals surface area contributed by atoms with Gasteiger partial charge in [-0.25, -0.2) is 4.98 Å². The highest BCUT2D eigenvalue weighted by molar-refractivity contribution is 6.07. The van der Waals surface area contributed by atoms with Crippen LogP contribution in [0.4, 0.5) is 11.5 Å². The van der Waals surface area contributed by atoms with Crippen molar-refractivity contribution in [2.45, 2.75) is 13.8 Å². The van der Waals surface area contributed by atoms with Crippen LogP contribution in [0.3, 0.4) is 0 Å². The van der Waals surface area contributed by atoms with E-state index >= 15 is 0 Å². The lowest BCUT2D eigenvalue weighted by Gasteiger charge is -2.10. The second-order valence-electron chi connectivity index (χ2n) is 4.37. The van der Waals surface area contributed by atoms with E-state index in [2.05, 4.69) is 15.7 Å². The Kier molecular flexibility index (Phi) is 3.77. The van der Waals surface area contributed by atoms with Gasteiger partial charge in [-0.3, -0.25) is 10.6 Å². The third-order valence-corrected chi connectivity index (χ3v) is 2.73. The molecule has 19 heavy (non-hydrogen) atoms. The third kappa shape index (κ3) is 3.08. The first-order valence-electron chi connectivity index (χ1n) is 5.91. The highest BCUT2D eigenvalue weighted by Crippen LogP contribution is 2.18. The molecular formula is C14H16N4O. The van der Waals surface area contributed by atoms with Crippen LogP contribution < -0.4 is 16.6 Å². The first-order valence-corrected chi connectivity index (χ1v) is 5.91. The molecule has 5 heteroatoms. The van der Waals surface area contributed by atoms with Crippen LogP contribution in [-0.4, -0.2) is 10.9 Å². The van der Waals surface area contributed by atoms with Crippen LogP contribution in [-0.2, 0) is 0 Å². The molecule has 0 fully saturated rings. The monoisotopic (exact) mass is 256 g/mol. The average molecular weight is 256 g/mol. The molecule has 0 atom stereocenters. The number of amides is 1. The summed E-state index contributed by atoms with van der Waals surface area (Å²) in [5.41, 5.74) is 5.61. The molecule has 4 N–H and O–H groups in total. The van der Waals surface area contributed by atoms with E-state index in [9.17, 15) is 4.79 Å². The van der Waals surface area contributed by atoms with Crippen molar-refractivity contribution in [1.82, 2.24) is 4.98 Å². The van der Waals surface area contributed by atoms with Crippen molar-refractivity contribution in [2.75, 3.05) is 10.7 Å². The van der Waals surface area contributed by atoms with Crippen LogP contribution in [0.15, 0.2) is 36.5 Å². The number of hydrazine groups is 1. The van der Waals surface area contributed by atoms with Gasteiger partial charge in [-0.2, -0.15) is 0 Å². The molecule has 1 aromatic heterocycles. The molecule has 98 valence electrons. The maximum absolute atomic E-state index is 12.2. The number of nitrogens with zero attached hydrogens (tertiary/aromatic N) is 1. The number of nitrogens with one attached hydrogen (secondary N) is 2. The van der Waals surface area contributed by atoms with Gasteiger partial charge >= 0.3 is 0 Å². The molecule has 1 heterocycles. The maximum Gasteiger partial charge on any atom is 0.258 e. The molecule has 0 aliphatic rings. The first kappa shape index (κ1) is 13.0. The number of carbonyl (C=O) groups is 1. The van der Waals surface area contributed by atoms with Crippen molar-refractivity contribution in [1.29, 1.82) is 0 Å². The van der Waals surface area contributed by atoms with E-state index in [1.807, 2.05) is 32.0 Å². The smallest absolute Gasteiger partial charge is 0.258 e. The van der Waals surface area contributed by atoms with Gasteiger partial charge in [0.15, 0.2) is 0 Å². The van der Waals surface area contributed by atoms with Crippen molar-refractivity contribution in [3.8, 4) is 0 Å². The number of anilines is 2. The van der Waals surface area contributed by atoms with Gasteiger partial charge in [-0.1, -0.05) is 11.6 Å². The van der Waals surface area contributed by atoms with Gasteiger partial charge in [0.05, 0.1) is 11.3 Å². The van der Waals surface area contributed by atoms with Crippen LogP contribution >= 0.6 is 0 Å². The van der Waals surface area contributed by atoms with Gasteiger partial charge in [0.25, 0.3) is 5.91 Å². The van der Waals surface area contributed by atoms with E-state index in [0.29, 0.717) is 17.1 Å². The summed E-state index contributed by atoms with van der Waals surface area (Å²) in [7, 11) is 0. The molecule has 0 bridgehead atoms. The Morgan fingerprint density at radius 1 is 1.16 bits per heavy atom. The molecule has 0 unspecified atom stereocenters. The lowest BCUT2D eigenvalue weighted by Crippen LogP contribution is -2.18. The molecular weight excluding hydrogens is 240 g/mol. The molecule has 0 radical (unpaired) electrons. The van der Waals surface area contributed by atoms with Gasteiger partial charge in [0.2, 0.25) is 0 Å². The van der Waals surface area contributed by atoms with E-state index < -0.39 is 0 Å². The summed E-state index contributed by atoms with van der Waals surface area (Å²) in [4.78, 5) is 16.3.